The summed E-state index contributed by atoms with van der Waals surface area (Å²) in [6.45, 7) is 0. The van der Waals surface area contributed by atoms with E-state index in [0.717, 1.165) is 40.1 Å². The third kappa shape index (κ3) is 4.95. The molecule has 0 fully saturated rings. The number of anilines is 1. The maximum absolute atomic E-state index is 11.4. The molecule has 2 heterocycles. The third-order valence-corrected chi connectivity index (χ3v) is 5.56. The molecule has 0 spiro atoms. The first kappa shape index (κ1) is 21.1. The van der Waals surface area contributed by atoms with Crippen LogP contribution in [0.25, 0.3) is 33.9 Å². The van der Waals surface area contributed by atoms with Gasteiger partial charge >= 0.3 is 0 Å². The highest BCUT2D eigenvalue weighted by Gasteiger charge is 2.16. The molecule has 31 heavy (non-hydrogen) atoms. The number of benzene rings is 2. The van der Waals surface area contributed by atoms with Gasteiger partial charge in [0, 0.05) is 28.6 Å². The number of aromatic nitrogens is 3. The second-order valence-corrected chi connectivity index (χ2v) is 9.42. The smallest absolute Gasteiger partial charge is 0.229 e. The molecule has 0 radical (unpaired) electrons. The Morgan fingerprint density at radius 2 is 1.77 bits per heavy atom. The fourth-order valence-electron chi connectivity index (χ4n) is 3.17. The molecule has 0 aliphatic heterocycles. The van der Waals surface area contributed by atoms with Gasteiger partial charge in [0.15, 0.2) is 0 Å². The van der Waals surface area contributed by atoms with Crippen molar-refractivity contribution in [2.75, 3.05) is 18.1 Å². The maximum atomic E-state index is 11.4. The van der Waals surface area contributed by atoms with E-state index in [1.165, 1.54) is 0 Å². The highest BCUT2D eigenvalue weighted by Crippen LogP contribution is 2.35. The number of ether oxygens (including phenoxy) is 1. The Balaban J connectivity index is 1.81. The van der Waals surface area contributed by atoms with Gasteiger partial charge in [0.05, 0.1) is 24.8 Å². The molecule has 9 heteroatoms. The SMILES string of the molecule is COc1cccc(-c2nc(-c3ccc(NS(C)(=O)=O)cc3)[nH]c2-c2ccnc(Br)c2)c1. The average molecular weight is 499 g/mol. The Morgan fingerprint density at radius 3 is 2.45 bits per heavy atom. The number of sulfonamides is 1. The lowest BCUT2D eigenvalue weighted by molar-refractivity contribution is 0.415. The molecule has 0 saturated heterocycles. The van der Waals surface area contributed by atoms with E-state index in [1.807, 2.05) is 48.5 Å². The van der Waals surface area contributed by atoms with E-state index in [4.69, 9.17) is 9.72 Å². The van der Waals surface area contributed by atoms with Crippen molar-refractivity contribution >= 4 is 31.6 Å². The molecule has 2 N–H and O–H groups in total. The van der Waals surface area contributed by atoms with Crippen LogP contribution >= 0.6 is 15.9 Å². The molecule has 0 aliphatic rings. The van der Waals surface area contributed by atoms with Crippen molar-refractivity contribution in [2.24, 2.45) is 0 Å². The van der Waals surface area contributed by atoms with E-state index in [1.54, 1.807) is 25.4 Å². The second-order valence-electron chi connectivity index (χ2n) is 6.86. The summed E-state index contributed by atoms with van der Waals surface area (Å²) in [6.07, 6.45) is 2.84. The topological polar surface area (TPSA) is 97.0 Å². The molecule has 0 aliphatic carbocycles. The molecule has 2 aromatic heterocycles. The first-order valence-corrected chi connectivity index (χ1v) is 12.0. The molecule has 0 amide bonds. The number of nitrogens with one attached hydrogen (secondary N) is 2. The molecule has 2 aromatic carbocycles. The number of hydrogen-bond donors (Lipinski definition) is 2. The number of imidazole rings is 1. The maximum Gasteiger partial charge on any atom is 0.229 e. The third-order valence-electron chi connectivity index (χ3n) is 4.52. The Bertz CT molecular complexity index is 1340. The highest BCUT2D eigenvalue weighted by atomic mass is 79.9. The van der Waals surface area contributed by atoms with Gasteiger partial charge in [-0.2, -0.15) is 0 Å². The number of pyridine rings is 1. The van der Waals surface area contributed by atoms with Crippen LogP contribution in [0.3, 0.4) is 0 Å². The van der Waals surface area contributed by atoms with Crippen LogP contribution in [0.1, 0.15) is 0 Å². The zero-order chi connectivity index (χ0) is 22.0. The van der Waals surface area contributed by atoms with Crippen LogP contribution in [-0.4, -0.2) is 36.7 Å². The fraction of sp³-hybridized carbons (Fsp3) is 0.0909. The lowest BCUT2D eigenvalue weighted by Gasteiger charge is -2.05. The van der Waals surface area contributed by atoms with Crippen molar-refractivity contribution in [2.45, 2.75) is 0 Å². The van der Waals surface area contributed by atoms with Crippen LogP contribution in [-0.2, 0) is 10.0 Å². The minimum Gasteiger partial charge on any atom is -0.497 e. The van der Waals surface area contributed by atoms with Gasteiger partial charge in [-0.3, -0.25) is 4.72 Å². The van der Waals surface area contributed by atoms with Gasteiger partial charge in [0.2, 0.25) is 10.0 Å². The van der Waals surface area contributed by atoms with E-state index in [2.05, 4.69) is 30.6 Å². The zero-order valence-electron chi connectivity index (χ0n) is 16.8. The van der Waals surface area contributed by atoms with Gasteiger partial charge < -0.3 is 9.72 Å². The van der Waals surface area contributed by atoms with E-state index < -0.39 is 10.0 Å². The molecule has 0 atom stereocenters. The Morgan fingerprint density at radius 1 is 1.00 bits per heavy atom. The molecule has 0 saturated carbocycles. The number of aromatic amines is 1. The van der Waals surface area contributed by atoms with Gasteiger partial charge in [-0.1, -0.05) is 12.1 Å². The number of halogens is 1. The fourth-order valence-corrected chi connectivity index (χ4v) is 4.10. The normalized spacial score (nSPS) is 11.3. The Kier molecular flexibility index (Phi) is 5.79. The molecule has 7 nitrogen and oxygen atoms in total. The number of hydrogen-bond acceptors (Lipinski definition) is 5. The van der Waals surface area contributed by atoms with Gasteiger partial charge in [0.25, 0.3) is 0 Å². The number of H-pyrrole nitrogens is 1. The lowest BCUT2D eigenvalue weighted by Crippen LogP contribution is -2.09. The summed E-state index contributed by atoms with van der Waals surface area (Å²) in [5.74, 6) is 1.40. The predicted molar refractivity (Wildman–Crippen MR) is 125 cm³/mol. The standard InChI is InChI=1S/C22H19BrN4O3S/c1-30-18-5-3-4-15(12-18)20-21(16-10-11-24-19(23)13-16)26-22(25-20)14-6-8-17(9-7-14)27-31(2,28)29/h3-13,27H,1-2H3,(H,25,26). The molecule has 0 bridgehead atoms. The Labute approximate surface area is 188 Å². The molecule has 4 aromatic rings. The molecule has 0 unspecified atom stereocenters. The van der Waals surface area contributed by atoms with Crippen molar-refractivity contribution < 1.29 is 13.2 Å². The van der Waals surface area contributed by atoms with Crippen molar-refractivity contribution in [3.63, 3.8) is 0 Å². The van der Waals surface area contributed by atoms with Crippen LogP contribution in [0.4, 0.5) is 5.69 Å². The van der Waals surface area contributed by atoms with E-state index in [9.17, 15) is 8.42 Å². The largest absolute Gasteiger partial charge is 0.497 e. The molecular formula is C22H19BrN4O3S. The summed E-state index contributed by atoms with van der Waals surface area (Å²) in [4.78, 5) is 12.5. The Hall–Kier alpha value is -3.17. The van der Waals surface area contributed by atoms with Gasteiger partial charge in [0.1, 0.15) is 16.2 Å². The minimum atomic E-state index is -3.34. The van der Waals surface area contributed by atoms with Crippen LogP contribution in [0.15, 0.2) is 71.5 Å². The minimum absolute atomic E-state index is 0.490. The van der Waals surface area contributed by atoms with Crippen molar-refractivity contribution in [3.8, 4) is 39.7 Å². The van der Waals surface area contributed by atoms with E-state index in [0.29, 0.717) is 16.1 Å². The van der Waals surface area contributed by atoms with Gasteiger partial charge in [-0.05, 0) is 64.5 Å². The zero-order valence-corrected chi connectivity index (χ0v) is 19.2. The molecule has 158 valence electrons. The highest BCUT2D eigenvalue weighted by molar-refractivity contribution is 9.10. The van der Waals surface area contributed by atoms with Gasteiger partial charge in [-0.25, -0.2) is 18.4 Å². The summed E-state index contributed by atoms with van der Waals surface area (Å²) in [5, 5.41) is 0. The van der Waals surface area contributed by atoms with Crippen LogP contribution in [0, 0.1) is 0 Å². The predicted octanol–water partition coefficient (Wildman–Crippen LogP) is 4.95. The average Bonchev–Trinajstić information content (AvgIpc) is 3.19. The summed E-state index contributed by atoms with van der Waals surface area (Å²) in [6, 6.07) is 18.6. The quantitative estimate of drug-likeness (QED) is 0.366. The molecular weight excluding hydrogens is 480 g/mol. The van der Waals surface area contributed by atoms with Crippen LogP contribution in [0.5, 0.6) is 5.75 Å². The van der Waals surface area contributed by atoms with Crippen molar-refractivity contribution in [1.82, 2.24) is 15.0 Å². The van der Waals surface area contributed by atoms with Crippen molar-refractivity contribution in [3.05, 3.63) is 71.5 Å². The number of methoxy groups -OCH3 is 1. The van der Waals surface area contributed by atoms with E-state index in [-0.39, 0.29) is 0 Å². The second kappa shape index (κ2) is 8.52. The first-order valence-electron chi connectivity index (χ1n) is 9.27. The summed E-state index contributed by atoms with van der Waals surface area (Å²) in [5.41, 5.74) is 4.75. The number of nitrogens with zero attached hydrogens (tertiary/aromatic N) is 2. The van der Waals surface area contributed by atoms with Crippen molar-refractivity contribution in [1.29, 1.82) is 0 Å². The summed E-state index contributed by atoms with van der Waals surface area (Å²) >= 11 is 3.43. The van der Waals surface area contributed by atoms with Crippen LogP contribution in [0.2, 0.25) is 0 Å². The van der Waals surface area contributed by atoms with E-state index >= 15 is 0 Å². The number of rotatable bonds is 6. The molecule has 4 rings (SSSR count). The van der Waals surface area contributed by atoms with Crippen LogP contribution < -0.4 is 9.46 Å². The lowest BCUT2D eigenvalue weighted by atomic mass is 10.1. The summed E-state index contributed by atoms with van der Waals surface area (Å²) in [7, 11) is -1.71. The summed E-state index contributed by atoms with van der Waals surface area (Å²) < 4.78 is 31.4. The first-order chi connectivity index (χ1) is 14.8. The van der Waals surface area contributed by atoms with Gasteiger partial charge in [-0.15, -0.1) is 0 Å². The monoisotopic (exact) mass is 498 g/mol.